The van der Waals surface area contributed by atoms with E-state index in [9.17, 15) is 9.59 Å². The van der Waals surface area contributed by atoms with Crippen molar-refractivity contribution in [1.82, 2.24) is 9.80 Å². The fourth-order valence-corrected chi connectivity index (χ4v) is 3.24. The third kappa shape index (κ3) is 4.68. The maximum absolute atomic E-state index is 12.8. The Balaban J connectivity index is 2.05. The van der Waals surface area contributed by atoms with Gasteiger partial charge in [-0.15, -0.1) is 0 Å². The molecule has 1 aromatic rings. The summed E-state index contributed by atoms with van der Waals surface area (Å²) in [4.78, 5) is 28.7. The first-order chi connectivity index (χ1) is 12.4. The van der Waals surface area contributed by atoms with Crippen LogP contribution in [0.4, 0.5) is 0 Å². The average molecular weight is 362 g/mol. The molecular weight excluding hydrogens is 332 g/mol. The number of ether oxygens (including phenoxy) is 2. The molecular formula is C20H30N2O4. The molecule has 6 nitrogen and oxygen atoms in total. The normalized spacial score (nSPS) is 15.0. The molecule has 6 heteroatoms. The van der Waals surface area contributed by atoms with Gasteiger partial charge < -0.3 is 19.3 Å². The van der Waals surface area contributed by atoms with Crippen LogP contribution in [0.3, 0.4) is 0 Å². The summed E-state index contributed by atoms with van der Waals surface area (Å²) in [5, 5.41) is 0. The molecule has 0 aliphatic carbocycles. The molecule has 1 saturated heterocycles. The number of rotatable bonds is 5. The highest BCUT2D eigenvalue weighted by atomic mass is 16.5. The van der Waals surface area contributed by atoms with Gasteiger partial charge >= 0.3 is 0 Å². The lowest BCUT2D eigenvalue weighted by Gasteiger charge is -2.24. The van der Waals surface area contributed by atoms with Crippen molar-refractivity contribution < 1.29 is 19.1 Å². The fraction of sp³-hybridized carbons (Fsp3) is 0.600. The van der Waals surface area contributed by atoms with E-state index in [4.69, 9.17) is 9.47 Å². The maximum Gasteiger partial charge on any atom is 0.227 e. The summed E-state index contributed by atoms with van der Waals surface area (Å²) in [7, 11) is 3.19. The molecule has 0 unspecified atom stereocenters. The van der Waals surface area contributed by atoms with Gasteiger partial charge in [-0.05, 0) is 36.6 Å². The molecule has 0 N–H and O–H groups in total. The van der Waals surface area contributed by atoms with Crippen molar-refractivity contribution >= 4 is 11.8 Å². The molecule has 0 aromatic heterocycles. The van der Waals surface area contributed by atoms with Gasteiger partial charge in [-0.3, -0.25) is 9.59 Å². The third-order valence-corrected chi connectivity index (χ3v) is 4.84. The Kier molecular flexibility index (Phi) is 6.89. The van der Waals surface area contributed by atoms with Crippen LogP contribution < -0.4 is 9.47 Å². The Morgan fingerprint density at radius 1 is 1.00 bits per heavy atom. The van der Waals surface area contributed by atoms with E-state index >= 15 is 0 Å². The van der Waals surface area contributed by atoms with Crippen molar-refractivity contribution in [2.24, 2.45) is 5.92 Å². The van der Waals surface area contributed by atoms with Gasteiger partial charge in [0.05, 0.1) is 20.6 Å². The number of carbonyl (C=O) groups excluding carboxylic acids is 2. The molecule has 0 radical (unpaired) electrons. The van der Waals surface area contributed by atoms with Gasteiger partial charge in [0.25, 0.3) is 0 Å². The zero-order chi connectivity index (χ0) is 19.3. The zero-order valence-electron chi connectivity index (χ0n) is 16.5. The van der Waals surface area contributed by atoms with Gasteiger partial charge in [-0.2, -0.15) is 0 Å². The quantitative estimate of drug-likeness (QED) is 0.806. The zero-order valence-corrected chi connectivity index (χ0v) is 16.5. The van der Waals surface area contributed by atoms with Crippen LogP contribution in [-0.4, -0.2) is 62.0 Å². The highest BCUT2D eigenvalue weighted by Crippen LogP contribution is 2.30. The van der Waals surface area contributed by atoms with Crippen LogP contribution in [0.2, 0.25) is 0 Å². The fourth-order valence-electron chi connectivity index (χ4n) is 3.24. The van der Waals surface area contributed by atoms with E-state index in [1.54, 1.807) is 14.2 Å². The summed E-state index contributed by atoms with van der Waals surface area (Å²) in [5.74, 6) is 1.53. The first-order valence-electron chi connectivity index (χ1n) is 9.15. The molecule has 1 fully saturated rings. The van der Waals surface area contributed by atoms with Crippen molar-refractivity contribution in [2.45, 2.75) is 33.6 Å². The van der Waals surface area contributed by atoms with Gasteiger partial charge in [-0.1, -0.05) is 13.8 Å². The molecule has 26 heavy (non-hydrogen) atoms. The number of nitrogens with zero attached hydrogens (tertiary/aromatic N) is 2. The minimum absolute atomic E-state index is 0.00772. The van der Waals surface area contributed by atoms with E-state index in [1.807, 2.05) is 42.7 Å². The van der Waals surface area contributed by atoms with Gasteiger partial charge in [-0.25, -0.2) is 0 Å². The minimum atomic E-state index is -0.00772. The van der Waals surface area contributed by atoms with E-state index in [0.717, 1.165) is 24.1 Å². The topological polar surface area (TPSA) is 59.1 Å². The summed E-state index contributed by atoms with van der Waals surface area (Å²) in [5.41, 5.74) is 1.94. The van der Waals surface area contributed by atoms with E-state index in [0.29, 0.717) is 37.6 Å². The van der Waals surface area contributed by atoms with Crippen LogP contribution in [0.5, 0.6) is 11.5 Å². The van der Waals surface area contributed by atoms with Crippen molar-refractivity contribution in [2.75, 3.05) is 40.4 Å². The second-order valence-electron chi connectivity index (χ2n) is 7.02. The number of benzene rings is 1. The van der Waals surface area contributed by atoms with Crippen LogP contribution >= 0.6 is 0 Å². The first-order valence-corrected chi connectivity index (χ1v) is 9.15. The predicted octanol–water partition coefficient (Wildman–Crippen LogP) is 2.27. The summed E-state index contributed by atoms with van der Waals surface area (Å²) in [6.45, 7) is 8.39. The highest BCUT2D eigenvalue weighted by Gasteiger charge is 2.24. The van der Waals surface area contributed by atoms with Gasteiger partial charge in [0.15, 0.2) is 11.5 Å². The molecule has 1 aliphatic rings. The first kappa shape index (κ1) is 20.1. The van der Waals surface area contributed by atoms with Crippen LogP contribution in [0, 0.1) is 12.8 Å². The van der Waals surface area contributed by atoms with E-state index in [-0.39, 0.29) is 17.7 Å². The molecule has 0 atom stereocenters. The van der Waals surface area contributed by atoms with E-state index in [1.165, 1.54) is 0 Å². The number of carbonyl (C=O) groups is 2. The smallest absolute Gasteiger partial charge is 0.227 e. The minimum Gasteiger partial charge on any atom is -0.493 e. The summed E-state index contributed by atoms with van der Waals surface area (Å²) in [6.07, 6.45) is 1.14. The monoisotopic (exact) mass is 362 g/mol. The molecule has 144 valence electrons. The number of aryl methyl sites for hydroxylation is 1. The van der Waals surface area contributed by atoms with Crippen molar-refractivity contribution in [3.8, 4) is 11.5 Å². The molecule has 0 bridgehead atoms. The van der Waals surface area contributed by atoms with Crippen LogP contribution in [0.25, 0.3) is 0 Å². The van der Waals surface area contributed by atoms with E-state index < -0.39 is 0 Å². The molecule has 0 saturated carbocycles. The summed E-state index contributed by atoms with van der Waals surface area (Å²) < 4.78 is 10.7. The molecule has 1 aromatic carbocycles. The summed E-state index contributed by atoms with van der Waals surface area (Å²) >= 11 is 0. The Labute approximate surface area is 156 Å². The molecule has 2 amide bonds. The van der Waals surface area contributed by atoms with Crippen LogP contribution in [-0.2, 0) is 16.0 Å². The van der Waals surface area contributed by atoms with Crippen LogP contribution in [0.1, 0.15) is 31.4 Å². The second-order valence-corrected chi connectivity index (χ2v) is 7.02. The van der Waals surface area contributed by atoms with Gasteiger partial charge in [0.2, 0.25) is 11.8 Å². The highest BCUT2D eigenvalue weighted by molar-refractivity contribution is 5.80. The number of methoxy groups -OCH3 is 2. The standard InChI is InChI=1S/C20H30N2O4/c1-14(2)20(24)22-8-6-7-21(9-10-22)19(23)13-16-12-18(26-5)17(25-4)11-15(16)3/h11-12,14H,6-10,13H2,1-5H3. The van der Waals surface area contributed by atoms with Gasteiger partial charge in [0.1, 0.15) is 0 Å². The van der Waals surface area contributed by atoms with E-state index in [2.05, 4.69) is 0 Å². The lowest BCUT2D eigenvalue weighted by atomic mass is 10.0. The number of hydrogen-bond acceptors (Lipinski definition) is 4. The maximum atomic E-state index is 12.8. The summed E-state index contributed by atoms with van der Waals surface area (Å²) in [6, 6.07) is 3.77. The Morgan fingerprint density at radius 2 is 1.58 bits per heavy atom. The average Bonchev–Trinajstić information content (AvgIpc) is 2.88. The third-order valence-electron chi connectivity index (χ3n) is 4.84. The molecule has 0 spiro atoms. The molecule has 1 aliphatic heterocycles. The largest absolute Gasteiger partial charge is 0.493 e. The molecule has 2 rings (SSSR count). The van der Waals surface area contributed by atoms with Gasteiger partial charge in [0, 0.05) is 32.1 Å². The molecule has 1 heterocycles. The van der Waals surface area contributed by atoms with Crippen molar-refractivity contribution in [3.63, 3.8) is 0 Å². The Hall–Kier alpha value is -2.24. The van der Waals surface area contributed by atoms with Crippen molar-refractivity contribution in [1.29, 1.82) is 0 Å². The second kappa shape index (κ2) is 8.92. The lowest BCUT2D eigenvalue weighted by Crippen LogP contribution is -2.39. The van der Waals surface area contributed by atoms with Crippen LogP contribution in [0.15, 0.2) is 12.1 Å². The van der Waals surface area contributed by atoms with Crippen molar-refractivity contribution in [3.05, 3.63) is 23.3 Å². The SMILES string of the molecule is COc1cc(C)c(CC(=O)N2CCCN(C(=O)C(C)C)CC2)cc1OC. The Bertz CT molecular complexity index is 657. The Morgan fingerprint density at radius 3 is 2.19 bits per heavy atom. The lowest BCUT2D eigenvalue weighted by molar-refractivity contribution is -0.135. The predicted molar refractivity (Wildman–Crippen MR) is 101 cm³/mol. The number of hydrogen-bond donors (Lipinski definition) is 0. The number of amides is 2.